The minimum atomic E-state index is -0.612. The molecule has 0 heterocycles. The molecule has 0 aliphatic rings. The first kappa shape index (κ1) is 18.3. The number of likely N-dealkylation sites (N-methyl/N-ethyl adjacent to an activating group) is 1. The molecule has 0 radical (unpaired) electrons. The first-order chi connectivity index (χ1) is 10.8. The molecule has 8 nitrogen and oxygen atoms in total. The van der Waals surface area contributed by atoms with E-state index >= 15 is 0 Å². The van der Waals surface area contributed by atoms with Crippen LogP contribution >= 0.6 is 0 Å². The topological polar surface area (TPSA) is 117 Å². The van der Waals surface area contributed by atoms with Crippen molar-refractivity contribution in [2.24, 2.45) is 16.6 Å². The highest BCUT2D eigenvalue weighted by molar-refractivity contribution is 5.81. The molecule has 5 N–H and O–H groups in total. The van der Waals surface area contributed by atoms with E-state index < -0.39 is 6.10 Å². The van der Waals surface area contributed by atoms with E-state index in [0.717, 1.165) is 5.56 Å². The fourth-order valence-electron chi connectivity index (χ4n) is 1.77. The van der Waals surface area contributed by atoms with Gasteiger partial charge in [0.25, 0.3) is 11.9 Å². The molecule has 0 aliphatic heterocycles. The van der Waals surface area contributed by atoms with Crippen LogP contribution in [0.5, 0.6) is 11.5 Å². The predicted octanol–water partition coefficient (Wildman–Crippen LogP) is -1.37. The van der Waals surface area contributed by atoms with Gasteiger partial charge < -0.3 is 25.8 Å². The van der Waals surface area contributed by atoms with Gasteiger partial charge in [-0.25, -0.2) is 0 Å². The van der Waals surface area contributed by atoms with E-state index in [9.17, 15) is 4.79 Å². The van der Waals surface area contributed by atoms with Gasteiger partial charge in [-0.2, -0.15) is 0 Å². The summed E-state index contributed by atoms with van der Waals surface area (Å²) in [5, 5.41) is 6.27. The monoisotopic (exact) mass is 322 g/mol. The number of guanidine groups is 1. The second kappa shape index (κ2) is 8.62. The molecule has 1 atom stereocenters. The SMILES string of the molecule is CCOc1cc(/C=[NH+]\N=C(N)N)ccc1O[C@@H](C)C(=O)N(C)C. The number of hydrazone groups is 1. The summed E-state index contributed by atoms with van der Waals surface area (Å²) >= 11 is 0. The molecule has 0 saturated heterocycles. The molecule has 0 spiro atoms. The van der Waals surface area contributed by atoms with Gasteiger partial charge in [0.2, 0.25) is 6.21 Å². The van der Waals surface area contributed by atoms with Crippen molar-refractivity contribution >= 4 is 18.1 Å². The number of rotatable bonds is 7. The number of amides is 1. The van der Waals surface area contributed by atoms with Crippen molar-refractivity contribution in [2.75, 3.05) is 20.7 Å². The van der Waals surface area contributed by atoms with E-state index in [4.69, 9.17) is 20.9 Å². The summed E-state index contributed by atoms with van der Waals surface area (Å²) in [7, 11) is 3.36. The lowest BCUT2D eigenvalue weighted by molar-refractivity contribution is -0.456. The van der Waals surface area contributed by atoms with Gasteiger partial charge in [0.1, 0.15) is 0 Å². The van der Waals surface area contributed by atoms with Crippen molar-refractivity contribution < 1.29 is 19.4 Å². The highest BCUT2D eigenvalue weighted by Crippen LogP contribution is 2.29. The highest BCUT2D eigenvalue weighted by atomic mass is 16.5. The van der Waals surface area contributed by atoms with Crippen LogP contribution in [0.4, 0.5) is 0 Å². The van der Waals surface area contributed by atoms with Gasteiger partial charge in [0.05, 0.1) is 6.61 Å². The van der Waals surface area contributed by atoms with Crippen LogP contribution in [0.3, 0.4) is 0 Å². The summed E-state index contributed by atoms with van der Waals surface area (Å²) in [5.41, 5.74) is 11.3. The van der Waals surface area contributed by atoms with E-state index in [-0.39, 0.29) is 11.9 Å². The van der Waals surface area contributed by atoms with Gasteiger partial charge in [-0.3, -0.25) is 4.79 Å². The highest BCUT2D eigenvalue weighted by Gasteiger charge is 2.18. The molecule has 0 saturated carbocycles. The zero-order chi connectivity index (χ0) is 17.4. The molecule has 0 aromatic heterocycles. The average molecular weight is 322 g/mol. The van der Waals surface area contributed by atoms with Gasteiger partial charge in [-0.1, -0.05) is 0 Å². The average Bonchev–Trinajstić information content (AvgIpc) is 2.48. The minimum Gasteiger partial charge on any atom is -0.490 e. The molecule has 0 aliphatic carbocycles. The van der Waals surface area contributed by atoms with Crippen molar-refractivity contribution in [3.8, 4) is 11.5 Å². The summed E-state index contributed by atoms with van der Waals surface area (Å²) in [6.45, 7) is 4.03. The largest absolute Gasteiger partial charge is 0.490 e. The van der Waals surface area contributed by atoms with Gasteiger partial charge in [0.15, 0.2) is 17.6 Å². The summed E-state index contributed by atoms with van der Waals surface area (Å²) in [6, 6.07) is 5.29. The Balaban J connectivity index is 2.98. The summed E-state index contributed by atoms with van der Waals surface area (Å²) in [5.74, 6) is 0.833. The number of nitrogens with one attached hydrogen (secondary N) is 1. The number of nitrogens with zero attached hydrogens (tertiary/aromatic N) is 2. The second-order valence-electron chi connectivity index (χ2n) is 4.94. The lowest BCUT2D eigenvalue weighted by Crippen LogP contribution is -2.63. The molecule has 1 rings (SSSR count). The Labute approximate surface area is 135 Å². The van der Waals surface area contributed by atoms with E-state index in [0.29, 0.717) is 18.1 Å². The van der Waals surface area contributed by atoms with Crippen molar-refractivity contribution in [3.05, 3.63) is 23.8 Å². The number of nitrogens with two attached hydrogens (primary N) is 2. The van der Waals surface area contributed by atoms with Gasteiger partial charge in [0, 0.05) is 24.8 Å². The van der Waals surface area contributed by atoms with Crippen LogP contribution in [0.2, 0.25) is 0 Å². The summed E-state index contributed by atoms with van der Waals surface area (Å²) < 4.78 is 11.3. The first-order valence-electron chi connectivity index (χ1n) is 7.17. The Kier molecular flexibility index (Phi) is 6.85. The van der Waals surface area contributed by atoms with E-state index in [1.165, 1.54) is 4.90 Å². The van der Waals surface area contributed by atoms with Crippen molar-refractivity contribution in [3.63, 3.8) is 0 Å². The fraction of sp³-hybridized carbons (Fsp3) is 0.400. The maximum Gasteiger partial charge on any atom is 0.262 e. The molecule has 1 aromatic rings. The van der Waals surface area contributed by atoms with E-state index in [1.807, 2.05) is 6.92 Å². The molecule has 1 aromatic carbocycles. The Bertz CT molecular complexity index is 595. The third kappa shape index (κ3) is 5.85. The zero-order valence-electron chi connectivity index (χ0n) is 13.9. The third-order valence-corrected chi connectivity index (χ3v) is 2.78. The Morgan fingerprint density at radius 1 is 1.39 bits per heavy atom. The van der Waals surface area contributed by atoms with Crippen LogP contribution < -0.4 is 26.0 Å². The van der Waals surface area contributed by atoms with E-state index in [2.05, 4.69) is 10.2 Å². The third-order valence-electron chi connectivity index (χ3n) is 2.78. The molecule has 23 heavy (non-hydrogen) atoms. The Morgan fingerprint density at radius 3 is 2.65 bits per heavy atom. The molecule has 126 valence electrons. The Hall–Kier alpha value is -2.77. The molecule has 0 bridgehead atoms. The van der Waals surface area contributed by atoms with Crippen LogP contribution in [-0.4, -0.2) is 49.8 Å². The molecule has 0 fully saturated rings. The predicted molar refractivity (Wildman–Crippen MR) is 88.3 cm³/mol. The summed E-state index contributed by atoms with van der Waals surface area (Å²) in [6.07, 6.45) is 0.999. The Morgan fingerprint density at radius 2 is 2.09 bits per heavy atom. The number of carbonyl (C=O) groups excluding carboxylic acids is 1. The van der Waals surface area contributed by atoms with Crippen LogP contribution in [0.25, 0.3) is 0 Å². The smallest absolute Gasteiger partial charge is 0.262 e. The molecule has 1 amide bonds. The number of ether oxygens (including phenoxy) is 2. The quantitative estimate of drug-likeness (QED) is 0.325. The van der Waals surface area contributed by atoms with Crippen molar-refractivity contribution in [1.82, 2.24) is 4.90 Å². The summed E-state index contributed by atoms with van der Waals surface area (Å²) in [4.78, 5) is 13.4. The number of hydrogen-bond donors (Lipinski definition) is 3. The lowest BCUT2D eigenvalue weighted by atomic mass is 10.2. The minimum absolute atomic E-state index is 0.0674. The standard InChI is InChI=1S/C15H23N5O3/c1-5-22-13-8-11(9-18-19-15(16)17)6-7-12(13)23-10(2)14(21)20(3)4/h6-10H,5H2,1-4H3,(H4,16,17,19)/p+1/b18-9-/t10-/m0/s1. The number of carbonyl (C=O) groups is 1. The van der Waals surface area contributed by atoms with Gasteiger partial charge in [-0.05, 0) is 32.0 Å². The number of benzene rings is 1. The molecule has 0 unspecified atom stereocenters. The molecular weight excluding hydrogens is 298 g/mol. The van der Waals surface area contributed by atoms with Crippen molar-refractivity contribution in [2.45, 2.75) is 20.0 Å². The van der Waals surface area contributed by atoms with Crippen molar-refractivity contribution in [1.29, 1.82) is 0 Å². The molecule has 8 heteroatoms. The molecular formula is C15H24N5O3+. The van der Waals surface area contributed by atoms with Gasteiger partial charge >= 0.3 is 0 Å². The van der Waals surface area contributed by atoms with Crippen LogP contribution in [0, 0.1) is 0 Å². The van der Waals surface area contributed by atoms with Crippen LogP contribution in [-0.2, 0) is 4.79 Å². The maximum atomic E-state index is 11.9. The lowest BCUT2D eigenvalue weighted by Gasteiger charge is -2.20. The zero-order valence-corrected chi connectivity index (χ0v) is 13.9. The van der Waals surface area contributed by atoms with E-state index in [1.54, 1.807) is 45.4 Å². The fourth-order valence-corrected chi connectivity index (χ4v) is 1.77. The van der Waals surface area contributed by atoms with Crippen LogP contribution in [0.1, 0.15) is 19.4 Å². The maximum absolute atomic E-state index is 11.9. The van der Waals surface area contributed by atoms with Gasteiger partial charge in [-0.15, -0.1) is 5.10 Å². The number of hydrogen-bond acceptors (Lipinski definition) is 4. The second-order valence-corrected chi connectivity index (χ2v) is 4.94. The normalized spacial score (nSPS) is 11.8. The van der Waals surface area contributed by atoms with Crippen LogP contribution in [0.15, 0.2) is 23.3 Å². The first-order valence-corrected chi connectivity index (χ1v) is 7.17.